The molecule has 5 heteroatoms. The Kier molecular flexibility index (Phi) is 5.18. The van der Waals surface area contributed by atoms with Gasteiger partial charge in [0.15, 0.2) is 0 Å². The minimum Gasteiger partial charge on any atom is -0.392 e. The maximum absolute atomic E-state index is 12.7. The number of hydrogen-bond acceptors (Lipinski definition) is 4. The molecule has 0 bridgehead atoms. The van der Waals surface area contributed by atoms with E-state index < -0.39 is 0 Å². The van der Waals surface area contributed by atoms with Gasteiger partial charge in [-0.1, -0.05) is 18.2 Å². The number of carbonyl (C=O) groups excluding carboxylic acids is 1. The maximum Gasteiger partial charge on any atom is 0.239 e. The van der Waals surface area contributed by atoms with Gasteiger partial charge in [0.25, 0.3) is 0 Å². The second-order valence-electron chi connectivity index (χ2n) is 6.61. The molecule has 23 heavy (non-hydrogen) atoms. The van der Waals surface area contributed by atoms with Gasteiger partial charge in [-0.25, -0.2) is 0 Å². The van der Waals surface area contributed by atoms with Gasteiger partial charge in [0.1, 0.15) is 0 Å². The Morgan fingerprint density at radius 3 is 2.48 bits per heavy atom. The number of nitrogens with zero attached hydrogens (tertiary/aromatic N) is 3. The van der Waals surface area contributed by atoms with Crippen molar-refractivity contribution < 1.29 is 9.90 Å². The molecule has 2 atom stereocenters. The van der Waals surface area contributed by atoms with E-state index in [2.05, 4.69) is 34.1 Å². The molecule has 0 aliphatic carbocycles. The highest BCUT2D eigenvalue weighted by Crippen LogP contribution is 2.18. The Bertz CT molecular complexity index is 514. The monoisotopic (exact) mass is 317 g/mol. The van der Waals surface area contributed by atoms with Crippen molar-refractivity contribution in [2.75, 3.05) is 44.2 Å². The highest BCUT2D eigenvalue weighted by Gasteiger charge is 2.30. The zero-order chi connectivity index (χ0) is 16.2. The molecule has 1 N–H and O–H groups in total. The molecule has 2 unspecified atom stereocenters. The highest BCUT2D eigenvalue weighted by atomic mass is 16.3. The van der Waals surface area contributed by atoms with Crippen molar-refractivity contribution in [2.24, 2.45) is 0 Å². The van der Waals surface area contributed by atoms with Crippen LogP contribution in [0.25, 0.3) is 0 Å². The third-order valence-electron chi connectivity index (χ3n) is 5.05. The molecule has 0 radical (unpaired) electrons. The van der Waals surface area contributed by atoms with Crippen molar-refractivity contribution >= 4 is 11.6 Å². The average molecular weight is 317 g/mol. The lowest BCUT2D eigenvalue weighted by molar-refractivity contribution is -0.137. The molecule has 1 aromatic rings. The Labute approximate surface area is 138 Å². The largest absolute Gasteiger partial charge is 0.392 e. The van der Waals surface area contributed by atoms with E-state index in [9.17, 15) is 9.90 Å². The summed E-state index contributed by atoms with van der Waals surface area (Å²) < 4.78 is 0. The fourth-order valence-corrected chi connectivity index (χ4v) is 3.58. The Morgan fingerprint density at radius 1 is 1.13 bits per heavy atom. The quantitative estimate of drug-likeness (QED) is 0.909. The van der Waals surface area contributed by atoms with Crippen molar-refractivity contribution in [1.82, 2.24) is 9.80 Å². The van der Waals surface area contributed by atoms with Crippen LogP contribution in [0.3, 0.4) is 0 Å². The van der Waals surface area contributed by atoms with Crippen molar-refractivity contribution in [3.63, 3.8) is 0 Å². The van der Waals surface area contributed by atoms with E-state index in [1.54, 1.807) is 0 Å². The first-order valence-electron chi connectivity index (χ1n) is 8.66. The Balaban J connectivity index is 1.53. The second kappa shape index (κ2) is 7.32. The number of rotatable bonds is 3. The minimum absolute atomic E-state index is 0.131. The molecule has 5 nitrogen and oxygen atoms in total. The number of amides is 1. The summed E-state index contributed by atoms with van der Waals surface area (Å²) >= 11 is 0. The van der Waals surface area contributed by atoms with Gasteiger partial charge in [-0.15, -0.1) is 0 Å². The highest BCUT2D eigenvalue weighted by molar-refractivity contribution is 5.81. The van der Waals surface area contributed by atoms with E-state index in [4.69, 9.17) is 0 Å². The van der Waals surface area contributed by atoms with Crippen LogP contribution in [0.2, 0.25) is 0 Å². The molecule has 1 amide bonds. The van der Waals surface area contributed by atoms with Crippen LogP contribution in [-0.2, 0) is 4.79 Å². The first kappa shape index (κ1) is 16.3. The number of aliphatic hydroxyl groups excluding tert-OH is 1. The summed E-state index contributed by atoms with van der Waals surface area (Å²) in [4.78, 5) is 19.2. The van der Waals surface area contributed by atoms with Gasteiger partial charge in [-0.3, -0.25) is 9.69 Å². The zero-order valence-corrected chi connectivity index (χ0v) is 13.9. The number of carbonyl (C=O) groups is 1. The number of β-amino-alcohol motifs (C(OH)–C–C–N with tert-alkyl or cyclic N) is 1. The van der Waals surface area contributed by atoms with Gasteiger partial charge in [-0.05, 0) is 38.4 Å². The number of piperazine rings is 1. The number of piperidine rings is 1. The molecule has 2 aliphatic rings. The van der Waals surface area contributed by atoms with Crippen molar-refractivity contribution in [1.29, 1.82) is 0 Å². The number of likely N-dealkylation sites (tertiary alicyclic amines) is 1. The Hall–Kier alpha value is -1.59. The first-order valence-corrected chi connectivity index (χ1v) is 8.66. The summed E-state index contributed by atoms with van der Waals surface area (Å²) in [7, 11) is 0. The first-order chi connectivity index (χ1) is 11.1. The average Bonchev–Trinajstić information content (AvgIpc) is 2.61. The van der Waals surface area contributed by atoms with Crippen LogP contribution in [0, 0.1) is 0 Å². The summed E-state index contributed by atoms with van der Waals surface area (Å²) in [5.74, 6) is 0.201. The van der Waals surface area contributed by atoms with Gasteiger partial charge in [0.2, 0.25) is 5.91 Å². The van der Waals surface area contributed by atoms with Crippen LogP contribution in [0.1, 0.15) is 19.8 Å². The SMILES string of the molecule is CC(C(=O)N1CCN(c2ccccc2)CC1)N1CCCC(O)C1. The zero-order valence-electron chi connectivity index (χ0n) is 13.9. The predicted octanol–water partition coefficient (Wildman–Crippen LogP) is 1.18. The number of benzene rings is 1. The number of anilines is 1. The molecule has 0 spiro atoms. The van der Waals surface area contributed by atoms with Gasteiger partial charge in [0.05, 0.1) is 12.1 Å². The van der Waals surface area contributed by atoms with Gasteiger partial charge >= 0.3 is 0 Å². The number of aliphatic hydroxyl groups is 1. The number of para-hydroxylation sites is 1. The molecule has 2 saturated heterocycles. The van der Waals surface area contributed by atoms with Crippen molar-refractivity contribution in [3.05, 3.63) is 30.3 Å². The van der Waals surface area contributed by atoms with Gasteiger partial charge < -0.3 is 14.9 Å². The molecule has 126 valence electrons. The summed E-state index contributed by atoms with van der Waals surface area (Å²) in [6.07, 6.45) is 1.54. The molecule has 0 saturated carbocycles. The maximum atomic E-state index is 12.7. The van der Waals surface area contributed by atoms with E-state index in [1.165, 1.54) is 5.69 Å². The molecule has 3 rings (SSSR count). The van der Waals surface area contributed by atoms with E-state index in [-0.39, 0.29) is 18.1 Å². The minimum atomic E-state index is -0.283. The molecule has 0 aromatic heterocycles. The van der Waals surface area contributed by atoms with E-state index in [0.29, 0.717) is 6.54 Å². The third kappa shape index (κ3) is 3.85. The molecule has 2 heterocycles. The summed E-state index contributed by atoms with van der Waals surface area (Å²) in [6, 6.07) is 10.2. The lowest BCUT2D eigenvalue weighted by Crippen LogP contribution is -2.56. The van der Waals surface area contributed by atoms with Crippen LogP contribution in [0.15, 0.2) is 30.3 Å². The smallest absolute Gasteiger partial charge is 0.239 e. The molecule has 2 aliphatic heterocycles. The Morgan fingerprint density at radius 2 is 1.83 bits per heavy atom. The normalized spacial score (nSPS) is 24.5. The lowest BCUT2D eigenvalue weighted by atomic mass is 10.1. The third-order valence-corrected chi connectivity index (χ3v) is 5.05. The molecule has 2 fully saturated rings. The van der Waals surface area contributed by atoms with E-state index in [1.807, 2.05) is 17.9 Å². The number of hydrogen-bond donors (Lipinski definition) is 1. The fraction of sp³-hybridized carbons (Fsp3) is 0.611. The standard InChI is InChI=1S/C18H27N3O2/c1-15(21-9-5-8-17(22)14-21)18(23)20-12-10-19(11-13-20)16-6-3-2-4-7-16/h2-4,6-7,15,17,22H,5,8-14H2,1H3. The van der Waals surface area contributed by atoms with Crippen LogP contribution >= 0.6 is 0 Å². The van der Waals surface area contributed by atoms with Gasteiger partial charge in [0, 0.05) is 38.4 Å². The topological polar surface area (TPSA) is 47.0 Å². The fourth-order valence-electron chi connectivity index (χ4n) is 3.58. The van der Waals surface area contributed by atoms with Crippen LogP contribution < -0.4 is 4.90 Å². The summed E-state index contributed by atoms with van der Waals surface area (Å²) in [5.41, 5.74) is 1.23. The molecular formula is C18H27N3O2. The summed E-state index contributed by atoms with van der Waals surface area (Å²) in [6.45, 7) is 6.81. The summed E-state index contributed by atoms with van der Waals surface area (Å²) in [5, 5.41) is 9.81. The lowest BCUT2D eigenvalue weighted by Gasteiger charge is -2.40. The van der Waals surface area contributed by atoms with Crippen LogP contribution in [0.4, 0.5) is 5.69 Å². The second-order valence-corrected chi connectivity index (χ2v) is 6.61. The molecular weight excluding hydrogens is 290 g/mol. The predicted molar refractivity (Wildman–Crippen MR) is 91.5 cm³/mol. The van der Waals surface area contributed by atoms with Gasteiger partial charge in [-0.2, -0.15) is 0 Å². The van der Waals surface area contributed by atoms with Crippen molar-refractivity contribution in [3.8, 4) is 0 Å². The van der Waals surface area contributed by atoms with Crippen LogP contribution in [-0.4, -0.2) is 72.2 Å². The van der Waals surface area contributed by atoms with E-state index >= 15 is 0 Å². The van der Waals surface area contributed by atoms with E-state index in [0.717, 1.165) is 45.6 Å². The molecule has 1 aromatic carbocycles. The van der Waals surface area contributed by atoms with Crippen molar-refractivity contribution in [2.45, 2.75) is 31.9 Å². The van der Waals surface area contributed by atoms with Crippen LogP contribution in [0.5, 0.6) is 0 Å².